The van der Waals surface area contributed by atoms with Gasteiger partial charge in [0.05, 0.1) is 18.6 Å². The minimum absolute atomic E-state index is 0.0218. The van der Waals surface area contributed by atoms with Crippen LogP contribution in [0.25, 0.3) is 0 Å². The van der Waals surface area contributed by atoms with Crippen molar-refractivity contribution in [2.75, 3.05) is 18.0 Å². The molecule has 3 aromatic carbocycles. The Morgan fingerprint density at radius 2 is 1.41 bits per heavy atom. The molecular formula is C28H26N2O6S. The summed E-state index contributed by atoms with van der Waals surface area (Å²) in [7, 11) is -2.60. The minimum Gasteiger partial charge on any atom is -0.497 e. The third kappa shape index (κ3) is 4.49. The molecule has 190 valence electrons. The van der Waals surface area contributed by atoms with Gasteiger partial charge >= 0.3 is 0 Å². The average molecular weight is 519 g/mol. The van der Waals surface area contributed by atoms with Gasteiger partial charge in [-0.05, 0) is 41.8 Å². The highest BCUT2D eigenvalue weighted by atomic mass is 32.2. The first-order valence-corrected chi connectivity index (χ1v) is 13.1. The van der Waals surface area contributed by atoms with E-state index in [0.717, 1.165) is 20.2 Å². The predicted molar refractivity (Wildman–Crippen MR) is 139 cm³/mol. The molecule has 0 spiro atoms. The molecule has 0 amide bonds. The molecule has 1 aromatic heterocycles. The Morgan fingerprint density at radius 3 is 1.97 bits per heavy atom. The average Bonchev–Trinajstić information content (AvgIpc) is 3.08. The number of sulfonamides is 1. The third-order valence-electron chi connectivity index (χ3n) is 6.22. The van der Waals surface area contributed by atoms with E-state index in [-0.39, 0.29) is 35.0 Å². The van der Waals surface area contributed by atoms with Crippen LogP contribution in [-0.2, 0) is 16.4 Å². The van der Waals surface area contributed by atoms with Crippen molar-refractivity contribution in [2.45, 2.75) is 17.4 Å². The summed E-state index contributed by atoms with van der Waals surface area (Å²) in [6, 6.07) is 24.7. The lowest BCUT2D eigenvalue weighted by molar-refractivity contribution is 0.0338. The molecule has 9 heteroatoms. The Morgan fingerprint density at radius 1 is 0.811 bits per heavy atom. The number of hydrogen-bond donors (Lipinski definition) is 2. The number of allylic oxidation sites excluding steroid dienone is 1. The largest absolute Gasteiger partial charge is 0.497 e. The van der Waals surface area contributed by atoms with Gasteiger partial charge < -0.3 is 19.8 Å². The third-order valence-corrected chi connectivity index (χ3v) is 8.00. The summed E-state index contributed by atoms with van der Waals surface area (Å²) in [4.78, 5) is 6.22. The maximum absolute atomic E-state index is 13.6. The highest BCUT2D eigenvalue weighted by molar-refractivity contribution is 7.92. The van der Waals surface area contributed by atoms with Crippen LogP contribution in [0.15, 0.2) is 102 Å². The first kappa shape index (κ1) is 24.3. The van der Waals surface area contributed by atoms with E-state index in [1.165, 1.54) is 19.2 Å². The number of aromatic nitrogens is 1. The SMILES string of the molecule is COc1ccc(S(=O)(=O)N2CC=CCc3c2c(O)n(OC(c2ccccc2)c2ccccc2)c3O)cc1. The molecule has 0 atom stereocenters. The molecule has 5 rings (SSSR count). The molecule has 0 unspecified atom stereocenters. The lowest BCUT2D eigenvalue weighted by Crippen LogP contribution is -2.31. The van der Waals surface area contributed by atoms with Crippen molar-refractivity contribution in [1.29, 1.82) is 0 Å². The molecule has 4 aromatic rings. The molecule has 2 N–H and O–H groups in total. The molecule has 1 aliphatic rings. The van der Waals surface area contributed by atoms with Crippen molar-refractivity contribution in [3.05, 3.63) is 114 Å². The summed E-state index contributed by atoms with van der Waals surface area (Å²) in [5.74, 6) is -0.362. The van der Waals surface area contributed by atoms with Crippen LogP contribution in [0.4, 0.5) is 5.69 Å². The van der Waals surface area contributed by atoms with Gasteiger partial charge in [0.25, 0.3) is 15.9 Å². The van der Waals surface area contributed by atoms with Crippen LogP contribution < -0.4 is 13.9 Å². The number of nitrogens with zero attached hydrogens (tertiary/aromatic N) is 2. The predicted octanol–water partition coefficient (Wildman–Crippen LogP) is 4.43. The van der Waals surface area contributed by atoms with E-state index in [0.29, 0.717) is 5.75 Å². The molecule has 0 fully saturated rings. The Kier molecular flexibility index (Phi) is 6.54. The summed E-state index contributed by atoms with van der Waals surface area (Å²) in [5, 5.41) is 22.5. The molecule has 0 radical (unpaired) electrons. The van der Waals surface area contributed by atoms with Crippen LogP contribution in [0.3, 0.4) is 0 Å². The van der Waals surface area contributed by atoms with Gasteiger partial charge in [0, 0.05) is 5.56 Å². The minimum atomic E-state index is -4.10. The monoisotopic (exact) mass is 518 g/mol. The summed E-state index contributed by atoms with van der Waals surface area (Å²) >= 11 is 0. The molecule has 1 aliphatic heterocycles. The second kappa shape index (κ2) is 9.94. The van der Waals surface area contributed by atoms with Crippen molar-refractivity contribution in [3.8, 4) is 17.5 Å². The molecular weight excluding hydrogens is 492 g/mol. The molecule has 0 aliphatic carbocycles. The second-order valence-corrected chi connectivity index (χ2v) is 10.3. The standard InChI is InChI=1S/C28H26N2O6S/c1-35-22-15-17-23(18-16-22)37(33,34)29-19-9-8-14-24-25(29)28(32)30(27(24)31)36-26(20-10-4-2-5-11-20)21-12-6-3-7-13-21/h2-13,15-18,26,31-32H,14,19H2,1H3. The van der Waals surface area contributed by atoms with E-state index in [9.17, 15) is 18.6 Å². The number of ether oxygens (including phenoxy) is 1. The summed E-state index contributed by atoms with van der Waals surface area (Å²) in [6.07, 6.45) is 2.96. The van der Waals surface area contributed by atoms with Gasteiger partial charge in [-0.2, -0.15) is 0 Å². The van der Waals surface area contributed by atoms with Crippen molar-refractivity contribution >= 4 is 15.7 Å². The normalized spacial score (nSPS) is 13.3. The molecule has 37 heavy (non-hydrogen) atoms. The van der Waals surface area contributed by atoms with Gasteiger partial charge in [-0.3, -0.25) is 4.31 Å². The fourth-order valence-corrected chi connectivity index (χ4v) is 5.79. The van der Waals surface area contributed by atoms with Crippen molar-refractivity contribution in [2.24, 2.45) is 0 Å². The number of hydrogen-bond acceptors (Lipinski definition) is 6. The fourth-order valence-electron chi connectivity index (χ4n) is 4.34. The van der Waals surface area contributed by atoms with Crippen LogP contribution in [0.5, 0.6) is 17.5 Å². The van der Waals surface area contributed by atoms with E-state index in [1.54, 1.807) is 24.3 Å². The van der Waals surface area contributed by atoms with E-state index < -0.39 is 22.0 Å². The van der Waals surface area contributed by atoms with Crippen LogP contribution in [-0.4, -0.2) is 37.0 Å². The maximum atomic E-state index is 13.6. The van der Waals surface area contributed by atoms with Crippen molar-refractivity contribution in [1.82, 2.24) is 4.73 Å². The van der Waals surface area contributed by atoms with Crippen LogP contribution in [0.1, 0.15) is 22.8 Å². The van der Waals surface area contributed by atoms with E-state index in [4.69, 9.17) is 9.57 Å². The zero-order valence-electron chi connectivity index (χ0n) is 20.1. The van der Waals surface area contributed by atoms with Gasteiger partial charge in [-0.25, -0.2) is 8.42 Å². The van der Waals surface area contributed by atoms with Crippen LogP contribution in [0.2, 0.25) is 0 Å². The van der Waals surface area contributed by atoms with Crippen LogP contribution >= 0.6 is 0 Å². The van der Waals surface area contributed by atoms with Gasteiger partial charge in [0.15, 0.2) is 6.10 Å². The number of fused-ring (bicyclic) bond motifs is 1. The lowest BCUT2D eigenvalue weighted by Gasteiger charge is -2.23. The van der Waals surface area contributed by atoms with E-state index >= 15 is 0 Å². The summed E-state index contributed by atoms with van der Waals surface area (Å²) < 4.78 is 34.4. The Balaban J connectivity index is 1.60. The highest BCUT2D eigenvalue weighted by Gasteiger charge is 2.36. The highest BCUT2D eigenvalue weighted by Crippen LogP contribution is 2.45. The van der Waals surface area contributed by atoms with Crippen LogP contribution in [0, 0.1) is 0 Å². The molecule has 0 saturated heterocycles. The van der Waals surface area contributed by atoms with E-state index in [1.807, 2.05) is 60.7 Å². The molecule has 0 bridgehead atoms. The first-order valence-electron chi connectivity index (χ1n) is 11.7. The number of anilines is 1. The number of rotatable bonds is 7. The number of methoxy groups -OCH3 is 1. The van der Waals surface area contributed by atoms with Gasteiger partial charge in [0.1, 0.15) is 11.4 Å². The topological polar surface area (TPSA) is 101 Å². The Labute approximate surface area is 215 Å². The summed E-state index contributed by atoms with van der Waals surface area (Å²) in [5.41, 5.74) is 1.79. The Hall–Kier alpha value is -4.37. The zero-order valence-corrected chi connectivity index (χ0v) is 20.9. The quantitative estimate of drug-likeness (QED) is 0.351. The first-order chi connectivity index (χ1) is 17.9. The van der Waals surface area contributed by atoms with Crippen molar-refractivity contribution in [3.63, 3.8) is 0 Å². The Bertz CT molecular complexity index is 1480. The van der Waals surface area contributed by atoms with E-state index in [2.05, 4.69) is 0 Å². The second-order valence-electron chi connectivity index (χ2n) is 8.46. The number of aromatic hydroxyl groups is 2. The maximum Gasteiger partial charge on any atom is 0.264 e. The van der Waals surface area contributed by atoms with Gasteiger partial charge in [0.2, 0.25) is 5.88 Å². The molecule has 8 nitrogen and oxygen atoms in total. The molecule has 0 saturated carbocycles. The molecule has 2 heterocycles. The van der Waals surface area contributed by atoms with Gasteiger partial charge in [-0.15, -0.1) is 4.73 Å². The zero-order chi connectivity index (χ0) is 26.0. The summed E-state index contributed by atoms with van der Waals surface area (Å²) in [6.45, 7) is -0.0286. The number of benzene rings is 3. The van der Waals surface area contributed by atoms with Gasteiger partial charge in [-0.1, -0.05) is 72.8 Å². The smallest absolute Gasteiger partial charge is 0.264 e. The fraction of sp³-hybridized carbons (Fsp3) is 0.143. The lowest BCUT2D eigenvalue weighted by atomic mass is 10.0. The van der Waals surface area contributed by atoms with Crippen molar-refractivity contribution < 1.29 is 28.2 Å².